The number of H-pyrrole nitrogens is 2. The van der Waals surface area contributed by atoms with Crippen molar-refractivity contribution in [1.82, 2.24) is 14.9 Å². The number of nitrogens with zero attached hydrogens (tertiary/aromatic N) is 3. The number of amides is 3. The van der Waals surface area contributed by atoms with Crippen LogP contribution in [0.2, 0.25) is 0 Å². The highest BCUT2D eigenvalue weighted by Crippen LogP contribution is 2.70. The second kappa shape index (κ2) is 14.8. The molecule has 2 aliphatic carbocycles. The topological polar surface area (TPSA) is 148 Å². The Morgan fingerprint density at radius 2 is 1.53 bits per heavy atom. The summed E-state index contributed by atoms with van der Waals surface area (Å²) in [6.07, 6.45) is 10.6. The number of hydrogen-bond acceptors (Lipinski definition) is 7. The minimum atomic E-state index is -0.942. The van der Waals surface area contributed by atoms with Gasteiger partial charge < -0.3 is 39.2 Å². The van der Waals surface area contributed by atoms with Crippen molar-refractivity contribution < 1.29 is 33.8 Å². The number of hydrogen-bond donors (Lipinski definition) is 3. The van der Waals surface area contributed by atoms with Crippen LogP contribution in [-0.4, -0.2) is 77.3 Å². The van der Waals surface area contributed by atoms with E-state index in [2.05, 4.69) is 23.8 Å². The number of carbonyl (C=O) groups excluding carboxylic acids is 4. The van der Waals surface area contributed by atoms with E-state index in [-0.39, 0.29) is 34.8 Å². The van der Waals surface area contributed by atoms with Crippen LogP contribution < -0.4 is 19.3 Å². The SMILES string of the molecule is C/C=C(/C)C1=CC(=O)C=C2N(C(=O)c3cc4c5c(c(C(O)CCCC)c(OC)c4[nH]3)N(C(=O)c3cc4c6c(c(CCC)c(OC)c4[nH]3)N(C(=O)CC)CC6)CC5)CC3CC123. The van der Waals surface area contributed by atoms with Gasteiger partial charge >= 0.3 is 0 Å². The molecule has 3 aliphatic heterocycles. The molecule has 2 aromatic heterocycles. The summed E-state index contributed by atoms with van der Waals surface area (Å²) in [6.45, 7) is 11.5. The predicted molar refractivity (Wildman–Crippen MR) is 232 cm³/mol. The first-order valence-electron chi connectivity index (χ1n) is 21.7. The zero-order valence-corrected chi connectivity index (χ0v) is 35.8. The van der Waals surface area contributed by atoms with Gasteiger partial charge in [0.1, 0.15) is 17.1 Å². The Bertz CT molecular complexity index is 2620. The maximum atomic E-state index is 15.0. The van der Waals surface area contributed by atoms with Crippen molar-refractivity contribution in [2.45, 2.75) is 98.5 Å². The van der Waals surface area contributed by atoms with E-state index in [1.165, 1.54) is 0 Å². The summed E-state index contributed by atoms with van der Waals surface area (Å²) in [5.41, 5.74) is 9.46. The second-order valence-corrected chi connectivity index (χ2v) is 17.1. The van der Waals surface area contributed by atoms with Crippen LogP contribution in [0.25, 0.3) is 21.8 Å². The monoisotopic (exact) mass is 813 g/mol. The van der Waals surface area contributed by atoms with E-state index in [4.69, 9.17) is 9.47 Å². The van der Waals surface area contributed by atoms with Crippen LogP contribution in [0, 0.1) is 11.3 Å². The molecule has 3 atom stereocenters. The van der Waals surface area contributed by atoms with E-state index in [0.29, 0.717) is 85.0 Å². The lowest BCUT2D eigenvalue weighted by atomic mass is 9.82. The molecule has 5 aliphatic rings. The first kappa shape index (κ1) is 39.8. The predicted octanol–water partition coefficient (Wildman–Crippen LogP) is 8.17. The fourth-order valence-electron chi connectivity index (χ4n) is 10.9. The summed E-state index contributed by atoms with van der Waals surface area (Å²) in [5, 5.41) is 13.6. The number of aromatic nitrogens is 2. The molecule has 12 heteroatoms. The van der Waals surface area contributed by atoms with Crippen LogP contribution >= 0.6 is 0 Å². The normalized spacial score (nSPS) is 20.9. The first-order valence-corrected chi connectivity index (χ1v) is 21.7. The van der Waals surface area contributed by atoms with Gasteiger partial charge in [-0.3, -0.25) is 19.2 Å². The average Bonchev–Trinajstić information content (AvgIpc) is 3.90. The molecule has 2 fully saturated rings. The minimum absolute atomic E-state index is 0.0601. The summed E-state index contributed by atoms with van der Waals surface area (Å²) in [4.78, 5) is 67.9. The van der Waals surface area contributed by atoms with Crippen LogP contribution in [0.3, 0.4) is 0 Å². The number of allylic oxidation sites excluding steroid dienone is 5. The highest BCUT2D eigenvalue weighted by Gasteiger charge is 2.67. The molecule has 3 N–H and O–H groups in total. The molecular weight excluding hydrogens is 759 g/mol. The Kier molecular flexibility index (Phi) is 9.84. The number of aromatic amines is 2. The highest BCUT2D eigenvalue weighted by atomic mass is 16.5. The minimum Gasteiger partial charge on any atom is -0.494 e. The smallest absolute Gasteiger partial charge is 0.274 e. The number of likely N-dealkylation sites (tertiary alicyclic amines) is 1. The summed E-state index contributed by atoms with van der Waals surface area (Å²) < 4.78 is 12.2. The van der Waals surface area contributed by atoms with Gasteiger partial charge in [-0.2, -0.15) is 0 Å². The molecule has 4 aromatic rings. The lowest BCUT2D eigenvalue weighted by Crippen LogP contribution is -2.32. The number of methoxy groups -OCH3 is 2. The van der Waals surface area contributed by atoms with E-state index in [1.54, 1.807) is 36.2 Å². The fourth-order valence-corrected chi connectivity index (χ4v) is 10.9. The first-order chi connectivity index (χ1) is 29.0. The number of anilines is 2. The van der Waals surface area contributed by atoms with E-state index >= 15 is 0 Å². The molecule has 0 radical (unpaired) electrons. The quantitative estimate of drug-likeness (QED) is 0.131. The van der Waals surface area contributed by atoms with Gasteiger partial charge in [-0.05, 0) is 86.8 Å². The Labute approximate surface area is 350 Å². The third-order valence-electron chi connectivity index (χ3n) is 13.9. The number of unbranched alkanes of at least 4 members (excludes halogenated alkanes) is 1. The van der Waals surface area contributed by atoms with Crippen molar-refractivity contribution in [2.75, 3.05) is 43.7 Å². The molecule has 1 spiro atoms. The summed E-state index contributed by atoms with van der Waals surface area (Å²) in [6, 6.07) is 3.74. The standard InChI is InChI=1S/C48H55N5O7/c1-8-12-14-36(55)39-43-29(16-18-52(43)46(57)34-21-31-28-15-17-51(38(56)11-4)42(28)30(13-9-2)44(59-6)40(31)49-34)32-22-35(50-41(32)45(39)60-7)47(58)53-24-26-23-48(26)33(25(5)10-3)19-27(54)20-37(48)53/h10,19-22,26,36,49-50,55H,8-9,11-18,23-24H2,1-7H3/b25-10-. The van der Waals surface area contributed by atoms with Crippen molar-refractivity contribution in [3.05, 3.63) is 80.8 Å². The van der Waals surface area contributed by atoms with E-state index in [1.807, 2.05) is 43.9 Å². The van der Waals surface area contributed by atoms with Crippen molar-refractivity contribution in [2.24, 2.45) is 11.3 Å². The van der Waals surface area contributed by atoms with E-state index in [9.17, 15) is 24.3 Å². The zero-order valence-electron chi connectivity index (χ0n) is 35.8. The van der Waals surface area contributed by atoms with Gasteiger partial charge in [0, 0.05) is 65.1 Å². The maximum absolute atomic E-state index is 15.0. The number of ketones is 1. The molecule has 12 nitrogen and oxygen atoms in total. The molecule has 3 unspecified atom stereocenters. The van der Waals surface area contributed by atoms with Gasteiger partial charge in [0.2, 0.25) is 5.91 Å². The summed E-state index contributed by atoms with van der Waals surface area (Å²) in [5.74, 6) is 0.740. The maximum Gasteiger partial charge on any atom is 0.274 e. The largest absolute Gasteiger partial charge is 0.494 e. The van der Waals surface area contributed by atoms with Crippen molar-refractivity contribution in [3.63, 3.8) is 0 Å². The van der Waals surface area contributed by atoms with Crippen molar-refractivity contribution >= 4 is 56.7 Å². The third-order valence-corrected chi connectivity index (χ3v) is 13.9. The fraction of sp³-hybridized carbons (Fsp3) is 0.458. The lowest BCUT2D eigenvalue weighted by molar-refractivity contribution is -0.118. The Hall–Kier alpha value is -5.62. The number of piperidine rings is 1. The van der Waals surface area contributed by atoms with E-state index in [0.717, 1.165) is 87.6 Å². The number of nitrogens with one attached hydrogen (secondary N) is 2. The van der Waals surface area contributed by atoms with Gasteiger partial charge in [-0.15, -0.1) is 0 Å². The van der Waals surface area contributed by atoms with Crippen molar-refractivity contribution in [1.29, 1.82) is 0 Å². The molecular formula is C48H55N5O7. The number of fused-ring (bicyclic) bond motifs is 6. The number of carbonyl (C=O) groups is 4. The molecule has 5 heterocycles. The van der Waals surface area contributed by atoms with Gasteiger partial charge in [0.25, 0.3) is 11.8 Å². The summed E-state index contributed by atoms with van der Waals surface area (Å²) in [7, 11) is 3.19. The van der Waals surface area contributed by atoms with Gasteiger partial charge in [-0.1, -0.05) is 51.7 Å². The summed E-state index contributed by atoms with van der Waals surface area (Å²) >= 11 is 0. The van der Waals surface area contributed by atoms with Crippen LogP contribution in [0.15, 0.2) is 47.2 Å². The number of benzene rings is 2. The Morgan fingerprint density at radius 3 is 2.15 bits per heavy atom. The molecule has 9 rings (SSSR count). The number of rotatable bonds is 12. The molecule has 60 heavy (non-hydrogen) atoms. The second-order valence-electron chi connectivity index (χ2n) is 17.1. The zero-order chi connectivity index (χ0) is 42.4. The molecule has 1 saturated carbocycles. The average molecular weight is 814 g/mol. The molecule has 3 amide bonds. The molecule has 1 saturated heterocycles. The number of aliphatic hydroxyl groups is 1. The Balaban J connectivity index is 1.14. The number of aliphatic hydroxyl groups excluding tert-OH is 1. The van der Waals surface area contributed by atoms with E-state index < -0.39 is 6.10 Å². The van der Waals surface area contributed by atoms with Gasteiger partial charge in [0.15, 0.2) is 11.5 Å². The van der Waals surface area contributed by atoms with Crippen LogP contribution in [-0.2, 0) is 28.9 Å². The van der Waals surface area contributed by atoms with Gasteiger partial charge in [0.05, 0.1) is 42.7 Å². The van der Waals surface area contributed by atoms with Crippen LogP contribution in [0.4, 0.5) is 11.4 Å². The molecule has 2 aromatic carbocycles. The molecule has 314 valence electrons. The highest BCUT2D eigenvalue weighted by molar-refractivity contribution is 6.14. The van der Waals surface area contributed by atoms with Crippen LogP contribution in [0.5, 0.6) is 11.5 Å². The lowest BCUT2D eigenvalue weighted by Gasteiger charge is -2.29. The van der Waals surface area contributed by atoms with Gasteiger partial charge in [-0.25, -0.2) is 0 Å². The Morgan fingerprint density at radius 1 is 0.900 bits per heavy atom. The van der Waals surface area contributed by atoms with Crippen LogP contribution in [0.1, 0.15) is 122 Å². The third kappa shape index (κ3) is 5.65. The van der Waals surface area contributed by atoms with Crippen molar-refractivity contribution in [3.8, 4) is 11.5 Å². The number of ether oxygens (including phenoxy) is 2. The molecule has 0 bridgehead atoms.